The van der Waals surface area contributed by atoms with Crippen LogP contribution in [0.1, 0.15) is 5.56 Å². The topological polar surface area (TPSA) is 19.0 Å². The molecular weight excluding hydrogens is 697 g/mol. The maximum Gasteiger partial charge on any atom is 0.264 e. The first kappa shape index (κ1) is 30.2. The van der Waals surface area contributed by atoms with Crippen molar-refractivity contribution in [1.82, 2.24) is 0 Å². The fourth-order valence-electron chi connectivity index (χ4n) is 8.82. The number of hydrogen-bond acceptors (Lipinski definition) is 6. The first-order chi connectivity index (χ1) is 26.7. The molecule has 12 rings (SSSR count). The van der Waals surface area contributed by atoms with Crippen LogP contribution in [0.4, 0.5) is 51.2 Å². The van der Waals surface area contributed by atoms with Gasteiger partial charge < -0.3 is 19.4 Å². The van der Waals surface area contributed by atoms with Crippen LogP contribution in [0.5, 0.6) is 11.5 Å². The lowest BCUT2D eigenvalue weighted by Crippen LogP contribution is -2.60. The summed E-state index contributed by atoms with van der Waals surface area (Å²) in [5, 5.41) is 1.34. The van der Waals surface area contributed by atoms with Gasteiger partial charge in [0.05, 0.1) is 15.1 Å². The predicted molar refractivity (Wildman–Crippen MR) is 231 cm³/mol. The van der Waals surface area contributed by atoms with Crippen LogP contribution in [0.2, 0.25) is 0 Å². The molecule has 54 heavy (non-hydrogen) atoms. The Balaban J connectivity index is 1.20. The van der Waals surface area contributed by atoms with Crippen molar-refractivity contribution >= 4 is 116 Å². The second-order valence-corrected chi connectivity index (χ2v) is 16.3. The van der Waals surface area contributed by atoms with Crippen molar-refractivity contribution in [3.8, 4) is 11.5 Å². The van der Waals surface area contributed by atoms with Gasteiger partial charge in [-0.15, -0.1) is 22.7 Å². The average Bonchev–Trinajstić information content (AvgIpc) is 3.75. The predicted octanol–water partition coefficient (Wildman–Crippen LogP) is 12.1. The second-order valence-electron chi connectivity index (χ2n) is 14.2. The first-order valence-electron chi connectivity index (χ1n) is 18.3. The van der Waals surface area contributed by atoms with Crippen LogP contribution >= 0.6 is 22.7 Å². The lowest BCUT2D eigenvalue weighted by molar-refractivity contribution is 0.483. The molecule has 3 aliphatic heterocycles. The van der Waals surface area contributed by atoms with Crippen molar-refractivity contribution in [2.45, 2.75) is 6.92 Å². The van der Waals surface area contributed by atoms with Crippen LogP contribution in [-0.2, 0) is 0 Å². The van der Waals surface area contributed by atoms with Crippen LogP contribution in [0.15, 0.2) is 164 Å². The largest absolute Gasteiger partial charge is 0.457 e. The van der Waals surface area contributed by atoms with Crippen molar-refractivity contribution in [3.05, 3.63) is 169 Å². The zero-order valence-corrected chi connectivity index (χ0v) is 30.9. The van der Waals surface area contributed by atoms with E-state index in [4.69, 9.17) is 4.74 Å². The molecule has 0 spiro atoms. The zero-order chi connectivity index (χ0) is 35.5. The molecule has 0 saturated heterocycles. The quantitative estimate of drug-likeness (QED) is 0.165. The summed E-state index contributed by atoms with van der Waals surface area (Å²) in [5.74, 6) is 1.60. The zero-order valence-electron chi connectivity index (χ0n) is 29.2. The SMILES string of the molecule is Cc1cc2c3c(c1)N(c1ccccc1)c1c(sc4c1sc1ccccc14)B3c1ccc3cc1N2c1cccc(c1)Oc1cccc(c1)N3c1ccccc1. The molecule has 0 radical (unpaired) electrons. The number of benzene rings is 7. The van der Waals surface area contributed by atoms with E-state index in [0.717, 1.165) is 34.2 Å². The molecule has 7 heteroatoms. The van der Waals surface area contributed by atoms with E-state index in [1.54, 1.807) is 0 Å². The van der Waals surface area contributed by atoms with E-state index >= 15 is 0 Å². The Morgan fingerprint density at radius 2 is 1.09 bits per heavy atom. The normalized spacial score (nSPS) is 13.6. The van der Waals surface area contributed by atoms with Gasteiger partial charge in [0.2, 0.25) is 0 Å². The van der Waals surface area contributed by atoms with Gasteiger partial charge in [-0.3, -0.25) is 0 Å². The number of thiophene rings is 2. The van der Waals surface area contributed by atoms with Gasteiger partial charge in [0, 0.05) is 72.5 Å². The van der Waals surface area contributed by atoms with E-state index in [0.29, 0.717) is 0 Å². The van der Waals surface area contributed by atoms with E-state index in [1.807, 2.05) is 28.7 Å². The maximum absolute atomic E-state index is 6.63. The molecule has 3 aliphatic rings. The molecule has 0 amide bonds. The van der Waals surface area contributed by atoms with Gasteiger partial charge in [-0.1, -0.05) is 72.8 Å². The molecular formula is C47H30BN3OS2. The van der Waals surface area contributed by atoms with E-state index < -0.39 is 0 Å². The van der Waals surface area contributed by atoms with Gasteiger partial charge in [-0.25, -0.2) is 0 Å². The molecule has 0 atom stereocenters. The summed E-state index contributed by atoms with van der Waals surface area (Å²) in [6.07, 6.45) is 0. The summed E-state index contributed by atoms with van der Waals surface area (Å²) in [5.41, 5.74) is 14.2. The maximum atomic E-state index is 6.63. The fourth-order valence-corrected chi connectivity index (χ4v) is 11.7. The number of para-hydroxylation sites is 2. The smallest absolute Gasteiger partial charge is 0.264 e. The van der Waals surface area contributed by atoms with Crippen LogP contribution in [-0.4, -0.2) is 6.71 Å². The lowest BCUT2D eigenvalue weighted by atomic mass is 9.36. The minimum atomic E-state index is 0.0510. The van der Waals surface area contributed by atoms with Gasteiger partial charge >= 0.3 is 0 Å². The lowest BCUT2D eigenvalue weighted by Gasteiger charge is -2.43. The molecule has 2 aromatic heterocycles. The van der Waals surface area contributed by atoms with Crippen LogP contribution in [0.25, 0.3) is 19.5 Å². The van der Waals surface area contributed by atoms with E-state index in [2.05, 4.69) is 179 Å². The van der Waals surface area contributed by atoms with Crippen molar-refractivity contribution in [3.63, 3.8) is 0 Å². The van der Waals surface area contributed by atoms with Crippen LogP contribution in [0, 0.1) is 6.92 Å². The molecule has 4 nitrogen and oxygen atoms in total. The number of hydrogen-bond donors (Lipinski definition) is 0. The van der Waals surface area contributed by atoms with E-state index in [9.17, 15) is 0 Å². The van der Waals surface area contributed by atoms with Crippen molar-refractivity contribution in [2.24, 2.45) is 0 Å². The highest BCUT2D eigenvalue weighted by molar-refractivity contribution is 7.40. The Kier molecular flexibility index (Phi) is 6.36. The van der Waals surface area contributed by atoms with Gasteiger partial charge in [0.25, 0.3) is 6.71 Å². The van der Waals surface area contributed by atoms with Crippen molar-refractivity contribution in [2.75, 3.05) is 14.7 Å². The highest BCUT2D eigenvalue weighted by Gasteiger charge is 2.46. The Labute approximate surface area is 321 Å². The number of ether oxygens (including phenoxy) is 1. The number of fused-ring (bicyclic) bond motifs is 14. The summed E-state index contributed by atoms with van der Waals surface area (Å²) < 4.78 is 12.1. The number of aryl methyl sites for hydroxylation is 1. The molecule has 6 bridgehead atoms. The third-order valence-electron chi connectivity index (χ3n) is 11.0. The van der Waals surface area contributed by atoms with Crippen molar-refractivity contribution < 1.29 is 4.74 Å². The molecule has 0 aliphatic carbocycles. The molecule has 9 aromatic rings. The molecule has 0 fully saturated rings. The number of anilines is 9. The Morgan fingerprint density at radius 3 is 1.83 bits per heavy atom. The van der Waals surface area contributed by atoms with Gasteiger partial charge in [0.15, 0.2) is 0 Å². The van der Waals surface area contributed by atoms with E-state index in [-0.39, 0.29) is 6.71 Å². The third kappa shape index (κ3) is 4.31. The monoisotopic (exact) mass is 727 g/mol. The summed E-state index contributed by atoms with van der Waals surface area (Å²) >= 11 is 3.89. The summed E-state index contributed by atoms with van der Waals surface area (Å²) in [4.78, 5) is 7.37. The van der Waals surface area contributed by atoms with E-state index in [1.165, 1.54) is 69.2 Å². The molecule has 5 heterocycles. The molecule has 7 aromatic carbocycles. The molecule has 0 N–H and O–H groups in total. The minimum Gasteiger partial charge on any atom is -0.457 e. The van der Waals surface area contributed by atoms with Crippen LogP contribution in [0.3, 0.4) is 0 Å². The van der Waals surface area contributed by atoms with Crippen LogP contribution < -0.4 is 35.1 Å². The second kappa shape index (κ2) is 11.4. The number of rotatable bonds is 2. The van der Waals surface area contributed by atoms with Gasteiger partial charge in [-0.2, -0.15) is 0 Å². The molecule has 0 unspecified atom stereocenters. The average molecular weight is 728 g/mol. The van der Waals surface area contributed by atoms with Gasteiger partial charge in [-0.05, 0) is 102 Å². The Morgan fingerprint density at radius 1 is 0.481 bits per heavy atom. The third-order valence-corrected chi connectivity index (χ3v) is 13.6. The minimum absolute atomic E-state index is 0.0510. The highest BCUT2D eigenvalue weighted by Crippen LogP contribution is 2.52. The fraction of sp³-hybridized carbons (Fsp3) is 0.0213. The highest BCUT2D eigenvalue weighted by atomic mass is 32.1. The summed E-state index contributed by atoms with van der Waals surface area (Å²) in [6.45, 7) is 2.29. The Hall–Kier alpha value is -6.28. The summed E-state index contributed by atoms with van der Waals surface area (Å²) in [7, 11) is 0. The molecule has 254 valence electrons. The summed E-state index contributed by atoms with van der Waals surface area (Å²) in [6, 6.07) is 59.4. The standard InChI is InChI=1S/C47H30BN3OS2/c1-29-24-40-43-41(25-29)51(31-14-6-3-7-15-31)44-46-45(37-20-8-9-21-42(37)53-46)54-47(44)48(43)38-23-22-34-28-39(38)50(40)33-17-11-19-36(27-33)52-35-18-10-16-32(26-35)49(34)30-12-4-2-5-13-30/h2-28H,1H3. The number of nitrogens with zero attached hydrogens (tertiary/aromatic N) is 3. The Bertz CT molecular complexity index is 2970. The molecule has 0 saturated carbocycles. The first-order valence-corrected chi connectivity index (χ1v) is 19.9. The van der Waals surface area contributed by atoms with Gasteiger partial charge in [0.1, 0.15) is 11.5 Å². The van der Waals surface area contributed by atoms with Crippen molar-refractivity contribution in [1.29, 1.82) is 0 Å².